The minimum atomic E-state index is -0.512. The van der Waals surface area contributed by atoms with Crippen molar-refractivity contribution >= 4 is 17.4 Å². The van der Waals surface area contributed by atoms with Gasteiger partial charge in [0.25, 0.3) is 0 Å². The van der Waals surface area contributed by atoms with Crippen LogP contribution in [0.1, 0.15) is 5.01 Å². The Morgan fingerprint density at radius 2 is 2.60 bits per heavy atom. The molecular weight excluding hydrogens is 152 g/mol. The van der Waals surface area contributed by atoms with Crippen molar-refractivity contribution in [2.24, 2.45) is 0 Å². The minimum Gasteiger partial charge on any atom is -0.259 e. The molecule has 0 aliphatic carbocycles. The molecule has 0 unspecified atom stereocenters. The number of hydrogen-bond acceptors (Lipinski definition) is 4. The van der Waals surface area contributed by atoms with Crippen LogP contribution in [0.25, 0.3) is 6.08 Å². The van der Waals surface area contributed by atoms with E-state index in [0.717, 1.165) is 6.20 Å². The van der Waals surface area contributed by atoms with Crippen LogP contribution in [0.5, 0.6) is 0 Å². The molecule has 1 rings (SSSR count). The van der Waals surface area contributed by atoms with Crippen LogP contribution in [-0.2, 0) is 0 Å². The van der Waals surface area contributed by atoms with Crippen LogP contribution in [0.3, 0.4) is 0 Å². The Bertz CT molecular complexity index is 242. The molecule has 0 radical (unpaired) electrons. The van der Waals surface area contributed by atoms with E-state index < -0.39 is 4.92 Å². The van der Waals surface area contributed by atoms with Crippen LogP contribution in [0.2, 0.25) is 0 Å². The van der Waals surface area contributed by atoms with Gasteiger partial charge in [0.05, 0.1) is 4.92 Å². The summed E-state index contributed by atoms with van der Waals surface area (Å²) in [4.78, 5) is 13.1. The summed E-state index contributed by atoms with van der Waals surface area (Å²) in [5.74, 6) is 0. The monoisotopic (exact) mass is 156 g/mol. The smallest absolute Gasteiger partial charge is 0.237 e. The summed E-state index contributed by atoms with van der Waals surface area (Å²) in [7, 11) is 0. The van der Waals surface area contributed by atoms with Crippen molar-refractivity contribution in [1.29, 1.82) is 0 Å². The SMILES string of the molecule is O=[N+]([O-])C=Cc1nccs1. The molecule has 0 saturated carbocycles. The number of thiazole rings is 1. The Hall–Kier alpha value is -1.23. The normalized spacial score (nSPS) is 10.4. The van der Waals surface area contributed by atoms with Gasteiger partial charge in [-0.05, 0) is 0 Å². The lowest BCUT2D eigenvalue weighted by Crippen LogP contribution is -1.81. The van der Waals surface area contributed by atoms with Crippen LogP contribution < -0.4 is 0 Å². The Morgan fingerprint density at radius 3 is 3.10 bits per heavy atom. The highest BCUT2D eigenvalue weighted by Crippen LogP contribution is 2.04. The quantitative estimate of drug-likeness (QED) is 0.480. The fourth-order valence-electron chi connectivity index (χ4n) is 0.441. The van der Waals surface area contributed by atoms with Crippen molar-refractivity contribution in [1.82, 2.24) is 4.98 Å². The molecule has 0 fully saturated rings. The van der Waals surface area contributed by atoms with Gasteiger partial charge in [0.15, 0.2) is 0 Å². The summed E-state index contributed by atoms with van der Waals surface area (Å²) in [6, 6.07) is 0. The van der Waals surface area contributed by atoms with E-state index in [-0.39, 0.29) is 0 Å². The van der Waals surface area contributed by atoms with Crippen molar-refractivity contribution in [2.45, 2.75) is 0 Å². The van der Waals surface area contributed by atoms with Crippen LogP contribution in [0.4, 0.5) is 0 Å². The average Bonchev–Trinajstić information content (AvgIpc) is 2.34. The summed E-state index contributed by atoms with van der Waals surface area (Å²) in [5.41, 5.74) is 0. The molecule has 0 N–H and O–H groups in total. The maximum atomic E-state index is 9.79. The first-order valence-electron chi connectivity index (χ1n) is 2.50. The highest BCUT2D eigenvalue weighted by molar-refractivity contribution is 7.10. The van der Waals surface area contributed by atoms with Gasteiger partial charge in [0, 0.05) is 17.7 Å². The standard InChI is InChI=1S/C5H4N2O2S/c8-7(9)3-1-5-6-2-4-10-5/h1-4H. The molecule has 4 nitrogen and oxygen atoms in total. The fraction of sp³-hybridized carbons (Fsp3) is 0. The first kappa shape index (κ1) is 6.88. The molecule has 0 atom stereocenters. The Balaban J connectivity index is 2.64. The van der Waals surface area contributed by atoms with Gasteiger partial charge in [-0.2, -0.15) is 0 Å². The van der Waals surface area contributed by atoms with E-state index in [1.807, 2.05) is 0 Å². The third-order valence-corrected chi connectivity index (χ3v) is 1.53. The second kappa shape index (κ2) is 3.07. The summed E-state index contributed by atoms with van der Waals surface area (Å²) in [6.45, 7) is 0. The molecule has 1 aromatic rings. The van der Waals surface area contributed by atoms with Gasteiger partial charge in [0.2, 0.25) is 6.20 Å². The third-order valence-electron chi connectivity index (χ3n) is 0.790. The molecule has 1 heterocycles. The number of rotatable bonds is 2. The molecule has 10 heavy (non-hydrogen) atoms. The van der Waals surface area contributed by atoms with E-state index in [4.69, 9.17) is 0 Å². The van der Waals surface area contributed by atoms with Crippen molar-refractivity contribution in [2.75, 3.05) is 0 Å². The fourth-order valence-corrected chi connectivity index (χ4v) is 0.964. The van der Waals surface area contributed by atoms with Gasteiger partial charge in [-0.1, -0.05) is 0 Å². The van der Waals surface area contributed by atoms with E-state index in [0.29, 0.717) is 5.01 Å². The van der Waals surface area contributed by atoms with Gasteiger partial charge >= 0.3 is 0 Å². The van der Waals surface area contributed by atoms with Crippen LogP contribution >= 0.6 is 11.3 Å². The predicted octanol–water partition coefficient (Wildman–Crippen LogP) is 1.39. The lowest BCUT2D eigenvalue weighted by molar-refractivity contribution is -0.400. The Labute approximate surface area is 61.0 Å². The van der Waals surface area contributed by atoms with Gasteiger partial charge in [-0.3, -0.25) is 10.1 Å². The van der Waals surface area contributed by atoms with Gasteiger partial charge in [-0.15, -0.1) is 11.3 Å². The second-order valence-corrected chi connectivity index (χ2v) is 2.40. The van der Waals surface area contributed by atoms with Crippen LogP contribution in [0.15, 0.2) is 17.8 Å². The minimum absolute atomic E-state index is 0.512. The maximum absolute atomic E-state index is 9.79. The number of nitrogens with zero attached hydrogens (tertiary/aromatic N) is 2. The Kier molecular flexibility index (Phi) is 2.11. The molecule has 0 amide bonds. The van der Waals surface area contributed by atoms with Gasteiger partial charge in [0.1, 0.15) is 5.01 Å². The van der Waals surface area contributed by atoms with E-state index in [2.05, 4.69) is 4.98 Å². The predicted molar refractivity (Wildman–Crippen MR) is 38.1 cm³/mol. The van der Waals surface area contributed by atoms with E-state index in [1.54, 1.807) is 11.6 Å². The Morgan fingerprint density at radius 1 is 1.80 bits per heavy atom. The molecule has 0 spiro atoms. The summed E-state index contributed by atoms with van der Waals surface area (Å²) in [6.07, 6.45) is 3.84. The molecular formula is C5H4N2O2S. The topological polar surface area (TPSA) is 56.0 Å². The van der Waals surface area contributed by atoms with Crippen LogP contribution in [-0.4, -0.2) is 9.91 Å². The zero-order valence-corrected chi connectivity index (χ0v) is 5.75. The summed E-state index contributed by atoms with van der Waals surface area (Å²) >= 11 is 1.36. The molecule has 0 aromatic carbocycles. The summed E-state index contributed by atoms with van der Waals surface area (Å²) < 4.78 is 0. The zero-order valence-electron chi connectivity index (χ0n) is 4.93. The number of aromatic nitrogens is 1. The molecule has 5 heteroatoms. The largest absolute Gasteiger partial charge is 0.259 e. The number of nitro groups is 1. The molecule has 0 aliphatic rings. The second-order valence-electron chi connectivity index (χ2n) is 1.47. The average molecular weight is 156 g/mol. The van der Waals surface area contributed by atoms with E-state index in [1.165, 1.54) is 17.4 Å². The maximum Gasteiger partial charge on any atom is 0.237 e. The van der Waals surface area contributed by atoms with E-state index in [9.17, 15) is 10.1 Å². The molecule has 52 valence electrons. The van der Waals surface area contributed by atoms with Gasteiger partial charge in [-0.25, -0.2) is 4.98 Å². The van der Waals surface area contributed by atoms with Crippen molar-refractivity contribution in [3.05, 3.63) is 32.9 Å². The van der Waals surface area contributed by atoms with Crippen molar-refractivity contribution in [3.63, 3.8) is 0 Å². The van der Waals surface area contributed by atoms with Crippen LogP contribution in [0, 0.1) is 10.1 Å². The summed E-state index contributed by atoms with van der Waals surface area (Å²) in [5, 5.41) is 12.2. The lowest BCUT2D eigenvalue weighted by atomic mass is 10.6. The third kappa shape index (κ3) is 1.94. The first-order chi connectivity index (χ1) is 4.79. The highest BCUT2D eigenvalue weighted by Gasteiger charge is 1.89. The van der Waals surface area contributed by atoms with Gasteiger partial charge < -0.3 is 0 Å². The molecule has 0 aliphatic heterocycles. The highest BCUT2D eigenvalue weighted by atomic mass is 32.1. The van der Waals surface area contributed by atoms with Crippen molar-refractivity contribution < 1.29 is 4.92 Å². The van der Waals surface area contributed by atoms with Crippen molar-refractivity contribution in [3.8, 4) is 0 Å². The van der Waals surface area contributed by atoms with E-state index >= 15 is 0 Å². The zero-order chi connectivity index (χ0) is 7.40. The molecule has 0 bridgehead atoms. The number of hydrogen-bond donors (Lipinski definition) is 0. The molecule has 1 aromatic heterocycles. The first-order valence-corrected chi connectivity index (χ1v) is 3.38. The molecule has 0 saturated heterocycles. The lowest BCUT2D eigenvalue weighted by Gasteiger charge is -1.76.